The zero-order chi connectivity index (χ0) is 8.91. The molecule has 0 atom stereocenters. The van der Waals surface area contributed by atoms with Gasteiger partial charge in [-0.1, -0.05) is 0 Å². The first-order valence-electron chi connectivity index (χ1n) is 3.13. The molecule has 68 valence electrons. The van der Waals surface area contributed by atoms with E-state index in [2.05, 4.69) is 0 Å². The van der Waals surface area contributed by atoms with Gasteiger partial charge in [0.2, 0.25) is 6.43 Å². The summed E-state index contributed by atoms with van der Waals surface area (Å²) >= 11 is 0. The fraction of sp³-hybridized carbons (Fsp3) is 1.00. The molecule has 0 unspecified atom stereocenters. The van der Waals surface area contributed by atoms with Gasteiger partial charge in [0.25, 0.3) is 0 Å². The topological polar surface area (TPSA) is 57.2 Å². The van der Waals surface area contributed by atoms with Crippen LogP contribution in [0.1, 0.15) is 19.3 Å². The maximum atomic E-state index is 11.4. The van der Waals surface area contributed by atoms with Gasteiger partial charge in [-0.25, -0.2) is 17.2 Å². The van der Waals surface area contributed by atoms with E-state index >= 15 is 0 Å². The summed E-state index contributed by atoms with van der Waals surface area (Å²) in [7, 11) is -4.22. The Hall–Kier alpha value is 0.770. The second-order valence-electron chi connectivity index (χ2n) is 2.15. The van der Waals surface area contributed by atoms with Crippen LogP contribution in [-0.4, -0.2) is 25.1 Å². The van der Waals surface area contributed by atoms with E-state index in [1.165, 1.54) is 0 Å². The van der Waals surface area contributed by atoms with Crippen LogP contribution in [0.15, 0.2) is 0 Å². The first-order chi connectivity index (χ1) is 4.92. The number of halogens is 2. The van der Waals surface area contributed by atoms with Gasteiger partial charge in [0, 0.05) is 12.2 Å². The standard InChI is InChI=1S/C5H10F2O3S.Na/c6-5(7)3-1-2-4-11(8,9)10;/h5H,1-4H2,(H,8,9,10);/q;+1/p-1. The summed E-state index contributed by atoms with van der Waals surface area (Å²) in [5.41, 5.74) is 0. The molecule has 0 bridgehead atoms. The molecular weight excluding hydrogens is 201 g/mol. The quantitative estimate of drug-likeness (QED) is 0.299. The fourth-order valence-corrected chi connectivity index (χ4v) is 1.14. The molecule has 0 aliphatic carbocycles. The average molecular weight is 210 g/mol. The summed E-state index contributed by atoms with van der Waals surface area (Å²) in [6.07, 6.45) is -2.64. The second-order valence-corrected chi connectivity index (χ2v) is 3.67. The van der Waals surface area contributed by atoms with Gasteiger partial charge in [-0.2, -0.15) is 0 Å². The Kier molecular flexibility index (Phi) is 9.15. The SMILES string of the molecule is O=S(=O)([O-])CCCCC(F)F.[Na+]. The summed E-state index contributed by atoms with van der Waals surface area (Å²) in [6, 6.07) is 0. The van der Waals surface area contributed by atoms with Gasteiger partial charge in [0.05, 0.1) is 10.1 Å². The van der Waals surface area contributed by atoms with Gasteiger partial charge in [-0.05, 0) is 12.8 Å². The molecule has 12 heavy (non-hydrogen) atoms. The van der Waals surface area contributed by atoms with E-state index in [1.807, 2.05) is 0 Å². The van der Waals surface area contributed by atoms with Gasteiger partial charge >= 0.3 is 29.6 Å². The average Bonchev–Trinajstić information content (AvgIpc) is 1.78. The number of unbranched alkanes of at least 4 members (excludes halogenated alkanes) is 1. The molecular formula is C5H9F2NaO3S. The number of hydrogen-bond acceptors (Lipinski definition) is 3. The Morgan fingerprint density at radius 1 is 1.25 bits per heavy atom. The Morgan fingerprint density at radius 2 is 1.75 bits per heavy atom. The molecule has 0 aliphatic heterocycles. The Labute approximate surface area is 92.6 Å². The summed E-state index contributed by atoms with van der Waals surface area (Å²) < 4.78 is 52.7. The maximum Gasteiger partial charge on any atom is 1.00 e. The monoisotopic (exact) mass is 210 g/mol. The van der Waals surface area contributed by atoms with Crippen LogP contribution in [0.4, 0.5) is 8.78 Å². The van der Waals surface area contributed by atoms with Gasteiger partial charge < -0.3 is 4.55 Å². The first kappa shape index (κ1) is 15.3. The van der Waals surface area contributed by atoms with Crippen molar-refractivity contribution in [3.05, 3.63) is 0 Å². The Morgan fingerprint density at radius 3 is 2.08 bits per heavy atom. The number of hydrogen-bond donors (Lipinski definition) is 0. The van der Waals surface area contributed by atoms with Crippen molar-refractivity contribution in [2.24, 2.45) is 0 Å². The van der Waals surface area contributed by atoms with Crippen LogP contribution in [0.25, 0.3) is 0 Å². The molecule has 0 rings (SSSR count). The molecule has 0 aromatic carbocycles. The second kappa shape index (κ2) is 7.20. The van der Waals surface area contributed by atoms with E-state index in [4.69, 9.17) is 0 Å². The first-order valence-corrected chi connectivity index (χ1v) is 4.71. The molecule has 0 spiro atoms. The smallest absolute Gasteiger partial charge is 0.748 e. The minimum absolute atomic E-state index is 0. The third-order valence-electron chi connectivity index (χ3n) is 1.07. The third kappa shape index (κ3) is 13.4. The largest absolute Gasteiger partial charge is 1.00 e. The Bertz CT molecular complexity index is 193. The van der Waals surface area contributed by atoms with Crippen LogP contribution in [-0.2, 0) is 10.1 Å². The van der Waals surface area contributed by atoms with Crippen molar-refractivity contribution < 1.29 is 51.3 Å². The van der Waals surface area contributed by atoms with E-state index < -0.39 is 22.3 Å². The van der Waals surface area contributed by atoms with Crippen molar-refractivity contribution in [3.8, 4) is 0 Å². The van der Waals surface area contributed by atoms with Crippen molar-refractivity contribution >= 4 is 10.1 Å². The minimum atomic E-state index is -4.22. The van der Waals surface area contributed by atoms with Crippen molar-refractivity contribution in [2.45, 2.75) is 25.7 Å². The molecule has 3 nitrogen and oxygen atoms in total. The zero-order valence-electron chi connectivity index (χ0n) is 6.79. The van der Waals surface area contributed by atoms with Crippen LogP contribution < -0.4 is 29.6 Å². The number of rotatable bonds is 5. The summed E-state index contributed by atoms with van der Waals surface area (Å²) in [4.78, 5) is 0. The minimum Gasteiger partial charge on any atom is -0.748 e. The van der Waals surface area contributed by atoms with Gasteiger partial charge in [-0.3, -0.25) is 0 Å². The molecule has 0 aromatic heterocycles. The van der Waals surface area contributed by atoms with Gasteiger partial charge in [-0.15, -0.1) is 0 Å². The molecule has 0 amide bonds. The predicted molar refractivity (Wildman–Crippen MR) is 34.4 cm³/mol. The molecule has 0 heterocycles. The van der Waals surface area contributed by atoms with Gasteiger partial charge in [0.1, 0.15) is 0 Å². The van der Waals surface area contributed by atoms with Crippen LogP contribution >= 0.6 is 0 Å². The molecule has 0 saturated heterocycles. The van der Waals surface area contributed by atoms with Crippen molar-refractivity contribution in [3.63, 3.8) is 0 Å². The van der Waals surface area contributed by atoms with Gasteiger partial charge in [0.15, 0.2) is 0 Å². The molecule has 0 fully saturated rings. The molecule has 0 saturated carbocycles. The van der Waals surface area contributed by atoms with Crippen molar-refractivity contribution in [2.75, 3.05) is 5.75 Å². The predicted octanol–water partition coefficient (Wildman–Crippen LogP) is -2.03. The Balaban J connectivity index is 0. The molecule has 7 heteroatoms. The van der Waals surface area contributed by atoms with Crippen LogP contribution in [0.2, 0.25) is 0 Å². The van der Waals surface area contributed by atoms with Crippen LogP contribution in [0.3, 0.4) is 0 Å². The van der Waals surface area contributed by atoms with Crippen LogP contribution in [0.5, 0.6) is 0 Å². The molecule has 0 radical (unpaired) electrons. The van der Waals surface area contributed by atoms with Crippen LogP contribution in [0, 0.1) is 0 Å². The third-order valence-corrected chi connectivity index (χ3v) is 1.86. The van der Waals surface area contributed by atoms with E-state index in [9.17, 15) is 21.8 Å². The summed E-state index contributed by atoms with van der Waals surface area (Å²) in [5, 5.41) is 0. The van der Waals surface area contributed by atoms with E-state index in [0.717, 1.165) is 0 Å². The maximum absolute atomic E-state index is 11.4. The molecule has 0 aromatic rings. The molecule has 0 aliphatic rings. The van der Waals surface area contributed by atoms with E-state index in [-0.39, 0.29) is 48.8 Å². The summed E-state index contributed by atoms with van der Waals surface area (Å²) in [5.74, 6) is -0.542. The van der Waals surface area contributed by atoms with Crippen molar-refractivity contribution in [1.82, 2.24) is 0 Å². The number of alkyl halides is 2. The van der Waals surface area contributed by atoms with Crippen molar-refractivity contribution in [1.29, 1.82) is 0 Å². The van der Waals surface area contributed by atoms with E-state index in [0.29, 0.717) is 0 Å². The fourth-order valence-electron chi connectivity index (χ4n) is 0.577. The molecule has 0 N–H and O–H groups in total. The summed E-state index contributed by atoms with van der Waals surface area (Å²) in [6.45, 7) is 0. The zero-order valence-corrected chi connectivity index (χ0v) is 9.61. The van der Waals surface area contributed by atoms with E-state index in [1.54, 1.807) is 0 Å². The normalized spacial score (nSPS) is 11.3.